The molecule has 1 aromatic heterocycles. The zero-order valence-corrected chi connectivity index (χ0v) is 14.7. The Morgan fingerprint density at radius 2 is 1.96 bits per heavy atom. The lowest BCUT2D eigenvalue weighted by Gasteiger charge is -2.37. The number of ether oxygens (including phenoxy) is 1. The van der Waals surface area contributed by atoms with Crippen LogP contribution in [0.1, 0.15) is 23.5 Å². The first-order chi connectivity index (χ1) is 12.4. The van der Waals surface area contributed by atoms with Crippen molar-refractivity contribution in [1.82, 2.24) is 9.47 Å². The molecule has 0 spiro atoms. The highest BCUT2D eigenvalue weighted by Crippen LogP contribution is 2.42. The van der Waals surface area contributed by atoms with Crippen LogP contribution in [-0.4, -0.2) is 60.4 Å². The lowest BCUT2D eigenvalue weighted by Crippen LogP contribution is -2.45. The zero-order chi connectivity index (χ0) is 18.6. The molecule has 138 valence electrons. The van der Waals surface area contributed by atoms with Gasteiger partial charge in [-0.2, -0.15) is 0 Å². The van der Waals surface area contributed by atoms with E-state index in [9.17, 15) is 19.1 Å². The van der Waals surface area contributed by atoms with Crippen molar-refractivity contribution in [1.29, 1.82) is 0 Å². The maximum absolute atomic E-state index is 14.9. The summed E-state index contributed by atoms with van der Waals surface area (Å²) >= 11 is 0. The van der Waals surface area contributed by atoms with Gasteiger partial charge in [0.1, 0.15) is 18.0 Å². The number of halogens is 1. The summed E-state index contributed by atoms with van der Waals surface area (Å²) in [5.74, 6) is -1.43. The van der Waals surface area contributed by atoms with E-state index in [0.717, 1.165) is 19.2 Å². The second kappa shape index (κ2) is 5.98. The summed E-state index contributed by atoms with van der Waals surface area (Å²) in [6.45, 7) is 4.87. The number of carboxylic acid groups (broad SMARTS) is 1. The molecular weight excluding hydrogens is 341 g/mol. The first-order valence-electron chi connectivity index (χ1n) is 8.60. The van der Waals surface area contributed by atoms with Crippen molar-refractivity contribution < 1.29 is 19.0 Å². The predicted octanol–water partition coefficient (Wildman–Crippen LogP) is 1.54. The van der Waals surface area contributed by atoms with E-state index in [1.54, 1.807) is 4.57 Å². The molecule has 8 heteroatoms. The fourth-order valence-electron chi connectivity index (χ4n) is 3.79. The van der Waals surface area contributed by atoms with Crippen LogP contribution >= 0.6 is 0 Å². The van der Waals surface area contributed by atoms with E-state index >= 15 is 0 Å². The van der Waals surface area contributed by atoms with Gasteiger partial charge in [-0.1, -0.05) is 0 Å². The van der Waals surface area contributed by atoms with Gasteiger partial charge in [-0.05, 0) is 20.0 Å². The number of rotatable bonds is 2. The second-order valence-corrected chi connectivity index (χ2v) is 6.95. The summed E-state index contributed by atoms with van der Waals surface area (Å²) in [5.41, 5.74) is 0.0593. The third-order valence-corrected chi connectivity index (χ3v) is 5.16. The Morgan fingerprint density at radius 1 is 1.27 bits per heavy atom. The molecule has 1 saturated heterocycles. The van der Waals surface area contributed by atoms with Crippen molar-refractivity contribution in [2.45, 2.75) is 13.0 Å². The van der Waals surface area contributed by atoms with Crippen molar-refractivity contribution in [3.63, 3.8) is 0 Å². The molecule has 4 rings (SSSR count). The summed E-state index contributed by atoms with van der Waals surface area (Å²) in [5, 5.41) is 9.67. The molecule has 0 saturated carbocycles. The Bertz CT molecular complexity index is 963. The monoisotopic (exact) mass is 361 g/mol. The number of hydrogen-bond acceptors (Lipinski definition) is 5. The Labute approximate surface area is 149 Å². The fraction of sp³-hybridized carbons (Fsp3) is 0.444. The molecule has 1 aromatic carbocycles. The maximum atomic E-state index is 14.9. The largest absolute Gasteiger partial charge is 0.487 e. The smallest absolute Gasteiger partial charge is 0.352 e. The first-order valence-corrected chi connectivity index (χ1v) is 8.60. The predicted molar refractivity (Wildman–Crippen MR) is 95.0 cm³/mol. The maximum Gasteiger partial charge on any atom is 0.352 e. The van der Waals surface area contributed by atoms with Crippen LogP contribution in [0.4, 0.5) is 10.1 Å². The Morgan fingerprint density at radius 3 is 2.62 bits per heavy atom. The topological polar surface area (TPSA) is 75.0 Å². The van der Waals surface area contributed by atoms with Gasteiger partial charge in [0, 0.05) is 32.2 Å². The second-order valence-electron chi connectivity index (χ2n) is 6.95. The van der Waals surface area contributed by atoms with Gasteiger partial charge in [0.2, 0.25) is 0 Å². The average Bonchev–Trinajstić information content (AvgIpc) is 2.60. The molecule has 0 amide bonds. The number of pyridine rings is 1. The molecule has 2 aliphatic heterocycles. The SMILES string of the molecule is C[C@@H]1COc2c(N3CCN(C)CC3)c(F)cc3c(=O)cc(C(=O)O)n1c23. The molecule has 7 nitrogen and oxygen atoms in total. The van der Waals surface area contributed by atoms with Gasteiger partial charge in [-0.15, -0.1) is 0 Å². The van der Waals surface area contributed by atoms with Crippen LogP contribution in [-0.2, 0) is 0 Å². The number of nitrogens with zero attached hydrogens (tertiary/aromatic N) is 3. The molecule has 2 aliphatic rings. The molecular formula is C18H20FN3O4. The van der Waals surface area contributed by atoms with Crippen LogP contribution in [0.15, 0.2) is 16.9 Å². The molecule has 0 bridgehead atoms. The van der Waals surface area contributed by atoms with Crippen LogP contribution in [0.25, 0.3) is 10.9 Å². The van der Waals surface area contributed by atoms with Crippen LogP contribution in [0, 0.1) is 5.82 Å². The number of benzene rings is 1. The number of anilines is 1. The fourth-order valence-corrected chi connectivity index (χ4v) is 3.79. The van der Waals surface area contributed by atoms with E-state index in [2.05, 4.69) is 4.90 Å². The van der Waals surface area contributed by atoms with Crippen molar-refractivity contribution in [3.05, 3.63) is 33.9 Å². The van der Waals surface area contributed by atoms with Gasteiger partial charge in [0.25, 0.3) is 0 Å². The Hall–Kier alpha value is -2.61. The van der Waals surface area contributed by atoms with E-state index in [-0.39, 0.29) is 29.5 Å². The molecule has 0 radical (unpaired) electrons. The average molecular weight is 361 g/mol. The normalized spacial score (nSPS) is 20.3. The lowest BCUT2D eigenvalue weighted by molar-refractivity contribution is 0.0679. The van der Waals surface area contributed by atoms with E-state index in [1.165, 1.54) is 6.07 Å². The quantitative estimate of drug-likeness (QED) is 0.875. The number of aromatic carboxylic acids is 1. The third kappa shape index (κ3) is 2.44. The molecule has 3 heterocycles. The minimum atomic E-state index is -1.19. The third-order valence-electron chi connectivity index (χ3n) is 5.16. The van der Waals surface area contributed by atoms with Gasteiger partial charge in [-0.25, -0.2) is 9.18 Å². The summed E-state index contributed by atoms with van der Waals surface area (Å²) < 4.78 is 22.4. The van der Waals surface area contributed by atoms with E-state index in [1.807, 2.05) is 18.9 Å². The summed E-state index contributed by atoms with van der Waals surface area (Å²) in [6.07, 6.45) is 0. The van der Waals surface area contributed by atoms with Crippen molar-refractivity contribution in [2.75, 3.05) is 44.7 Å². The molecule has 0 aliphatic carbocycles. The van der Waals surface area contributed by atoms with Crippen molar-refractivity contribution in [2.24, 2.45) is 0 Å². The van der Waals surface area contributed by atoms with Crippen LogP contribution in [0.2, 0.25) is 0 Å². The Kier molecular flexibility index (Phi) is 3.87. The molecule has 2 aromatic rings. The number of aromatic nitrogens is 1. The van der Waals surface area contributed by atoms with E-state index < -0.39 is 17.2 Å². The highest BCUT2D eigenvalue weighted by atomic mass is 19.1. The van der Waals surface area contributed by atoms with Gasteiger partial charge < -0.3 is 24.2 Å². The van der Waals surface area contributed by atoms with Crippen molar-refractivity contribution >= 4 is 22.6 Å². The summed E-state index contributed by atoms with van der Waals surface area (Å²) in [7, 11) is 2.01. The molecule has 1 N–H and O–H groups in total. The van der Waals surface area contributed by atoms with Crippen LogP contribution < -0.4 is 15.1 Å². The van der Waals surface area contributed by atoms with Gasteiger partial charge in [0.15, 0.2) is 17.0 Å². The standard InChI is InChI=1S/C18H20FN3O4/c1-10-9-26-17-15-11(14(23)8-13(18(24)25)22(10)15)7-12(19)16(17)21-5-3-20(2)4-6-21/h7-8,10H,3-6,9H2,1-2H3,(H,24,25)/t10-/m1/s1. The Balaban J connectivity index is 2.03. The minimum Gasteiger partial charge on any atom is -0.487 e. The van der Waals surface area contributed by atoms with Crippen molar-refractivity contribution in [3.8, 4) is 5.75 Å². The molecule has 1 fully saturated rings. The molecule has 26 heavy (non-hydrogen) atoms. The van der Waals surface area contributed by atoms with Crippen LogP contribution in [0.3, 0.4) is 0 Å². The summed E-state index contributed by atoms with van der Waals surface area (Å²) in [6, 6.07) is 1.99. The number of likely N-dealkylation sites (N-methyl/N-ethyl adjacent to an activating group) is 1. The highest BCUT2D eigenvalue weighted by Gasteiger charge is 2.31. The first kappa shape index (κ1) is 16.8. The van der Waals surface area contributed by atoms with E-state index in [0.29, 0.717) is 24.3 Å². The summed E-state index contributed by atoms with van der Waals surface area (Å²) in [4.78, 5) is 28.1. The highest BCUT2D eigenvalue weighted by molar-refractivity contribution is 5.96. The van der Waals surface area contributed by atoms with Gasteiger partial charge in [-0.3, -0.25) is 4.79 Å². The molecule has 1 atom stereocenters. The lowest BCUT2D eigenvalue weighted by atomic mass is 10.1. The molecule has 0 unspecified atom stereocenters. The van der Waals surface area contributed by atoms with Gasteiger partial charge in [0.05, 0.1) is 16.9 Å². The number of carbonyl (C=O) groups is 1. The minimum absolute atomic E-state index is 0.101. The van der Waals surface area contributed by atoms with Crippen LogP contribution in [0.5, 0.6) is 5.75 Å². The zero-order valence-electron chi connectivity index (χ0n) is 14.7. The van der Waals surface area contributed by atoms with E-state index in [4.69, 9.17) is 4.74 Å². The van der Waals surface area contributed by atoms with Gasteiger partial charge >= 0.3 is 5.97 Å². The number of hydrogen-bond donors (Lipinski definition) is 1. The number of piperazine rings is 1. The number of carboxylic acids is 1.